The van der Waals surface area contributed by atoms with Crippen molar-refractivity contribution < 1.29 is 31.3 Å². The van der Waals surface area contributed by atoms with Gasteiger partial charge in [-0.05, 0) is 49.7 Å². The predicted molar refractivity (Wildman–Crippen MR) is 120 cm³/mol. The first kappa shape index (κ1) is 25.4. The molecule has 11 heteroatoms. The van der Waals surface area contributed by atoms with E-state index in [9.17, 15) is 26.5 Å². The lowest BCUT2D eigenvalue weighted by atomic mass is 10.1. The van der Waals surface area contributed by atoms with Crippen LogP contribution in [0, 0.1) is 11.6 Å². The van der Waals surface area contributed by atoms with Crippen molar-refractivity contribution >= 4 is 27.6 Å². The highest BCUT2D eigenvalue weighted by Gasteiger charge is 2.29. The highest BCUT2D eigenvalue weighted by atomic mass is 35.5. The van der Waals surface area contributed by atoms with Gasteiger partial charge >= 0.3 is 0 Å². The molecule has 1 aliphatic heterocycles. The molecule has 180 valence electrons. The fourth-order valence-corrected chi connectivity index (χ4v) is 4.48. The van der Waals surface area contributed by atoms with E-state index < -0.39 is 27.0 Å². The van der Waals surface area contributed by atoms with Crippen molar-refractivity contribution in [2.45, 2.75) is 31.7 Å². The minimum Gasteiger partial charge on any atom is -0.483 e. The fourth-order valence-electron chi connectivity index (χ4n) is 3.79. The Bertz CT molecular complexity index is 1130. The monoisotopic (exact) mass is 502 g/mol. The van der Waals surface area contributed by atoms with Gasteiger partial charge in [0.1, 0.15) is 11.0 Å². The van der Waals surface area contributed by atoms with Gasteiger partial charge < -0.3 is 9.64 Å². The Morgan fingerprint density at radius 3 is 2.58 bits per heavy atom. The first-order chi connectivity index (χ1) is 15.5. The highest BCUT2D eigenvalue weighted by molar-refractivity contribution is 7.86. The molecule has 0 saturated carbocycles. The van der Waals surface area contributed by atoms with E-state index in [1.807, 2.05) is 11.8 Å². The van der Waals surface area contributed by atoms with Crippen LogP contribution in [0.5, 0.6) is 5.75 Å². The second-order valence-electron chi connectivity index (χ2n) is 8.05. The molecule has 1 aliphatic rings. The second-order valence-corrected chi connectivity index (χ2v) is 10.2. The summed E-state index contributed by atoms with van der Waals surface area (Å²) in [5, 5.41) is -1.01. The Morgan fingerprint density at radius 2 is 1.94 bits per heavy atom. The number of hydrogen-bond donors (Lipinski definition) is 1. The van der Waals surface area contributed by atoms with E-state index in [4.69, 9.17) is 16.3 Å². The van der Waals surface area contributed by atoms with Gasteiger partial charge in [-0.2, -0.15) is 8.42 Å². The number of rotatable bonds is 7. The quantitative estimate of drug-likeness (QED) is 0.581. The third kappa shape index (κ3) is 6.41. The fraction of sp³-hybridized carbons (Fsp3) is 0.409. The van der Waals surface area contributed by atoms with Crippen LogP contribution in [0.25, 0.3) is 0 Å². The molecule has 1 N–H and O–H groups in total. The third-order valence-corrected chi connectivity index (χ3v) is 7.01. The summed E-state index contributed by atoms with van der Waals surface area (Å²) in [5.41, 5.74) is 0.801. The molecule has 1 saturated heterocycles. The summed E-state index contributed by atoms with van der Waals surface area (Å²) in [5.74, 6) is -1.92. The van der Waals surface area contributed by atoms with Crippen LogP contribution in [0.1, 0.15) is 30.2 Å². The number of piperazine rings is 1. The maximum atomic E-state index is 13.5. The lowest BCUT2D eigenvalue weighted by Gasteiger charge is -2.40. The van der Waals surface area contributed by atoms with Gasteiger partial charge in [0.25, 0.3) is 16.0 Å². The summed E-state index contributed by atoms with van der Waals surface area (Å²) in [4.78, 5) is 16.5. The molecule has 2 aromatic rings. The van der Waals surface area contributed by atoms with Crippen molar-refractivity contribution in [3.05, 3.63) is 64.2 Å². The summed E-state index contributed by atoms with van der Waals surface area (Å²) in [6.07, 6.45) is 0. The Morgan fingerprint density at radius 1 is 1.21 bits per heavy atom. The van der Waals surface area contributed by atoms with Gasteiger partial charge in [-0.1, -0.05) is 17.7 Å². The van der Waals surface area contributed by atoms with Crippen molar-refractivity contribution in [3.8, 4) is 5.75 Å². The van der Waals surface area contributed by atoms with Gasteiger partial charge in [0.15, 0.2) is 18.2 Å². The molecule has 2 atom stereocenters. The van der Waals surface area contributed by atoms with E-state index in [1.165, 1.54) is 37.3 Å². The van der Waals surface area contributed by atoms with Gasteiger partial charge in [-0.3, -0.25) is 14.2 Å². The maximum absolute atomic E-state index is 13.5. The molecule has 2 aromatic carbocycles. The molecule has 1 heterocycles. The molecule has 7 nitrogen and oxygen atoms in total. The number of amides is 1. The van der Waals surface area contributed by atoms with Crippen LogP contribution in [0.2, 0.25) is 5.02 Å². The van der Waals surface area contributed by atoms with E-state index in [-0.39, 0.29) is 34.9 Å². The SMILES string of the molecule is CC(c1cc(Cl)ccc1OCC(=O)N1CCN(Cc2ccc(F)c(F)c2)C[C@H]1C)S(=O)(=O)O. The molecular formula is C22H25ClF2N2O5S. The second kappa shape index (κ2) is 10.3. The first-order valence-electron chi connectivity index (χ1n) is 10.3. The van der Waals surface area contributed by atoms with Crippen molar-refractivity contribution in [2.75, 3.05) is 26.2 Å². The number of carbonyl (C=O) groups is 1. The van der Waals surface area contributed by atoms with Crippen LogP contribution in [0.3, 0.4) is 0 Å². The maximum Gasteiger partial charge on any atom is 0.271 e. The van der Waals surface area contributed by atoms with Crippen molar-refractivity contribution in [2.24, 2.45) is 0 Å². The zero-order valence-corrected chi connectivity index (χ0v) is 19.7. The minimum absolute atomic E-state index is 0.141. The van der Waals surface area contributed by atoms with Crippen molar-refractivity contribution in [3.63, 3.8) is 0 Å². The zero-order valence-electron chi connectivity index (χ0n) is 18.2. The summed E-state index contributed by atoms with van der Waals surface area (Å²) >= 11 is 5.95. The van der Waals surface area contributed by atoms with Crippen LogP contribution >= 0.6 is 11.6 Å². The largest absolute Gasteiger partial charge is 0.483 e. The van der Waals surface area contributed by atoms with Gasteiger partial charge in [0.2, 0.25) is 0 Å². The van der Waals surface area contributed by atoms with E-state index in [0.717, 1.165) is 6.07 Å². The average molecular weight is 503 g/mol. The molecule has 1 unspecified atom stereocenters. The number of nitrogens with zero attached hydrogens (tertiary/aromatic N) is 2. The van der Waals surface area contributed by atoms with Crippen molar-refractivity contribution in [1.29, 1.82) is 0 Å². The smallest absolute Gasteiger partial charge is 0.271 e. The average Bonchev–Trinajstić information content (AvgIpc) is 2.74. The molecule has 0 spiro atoms. The molecule has 0 aromatic heterocycles. The molecular weight excluding hydrogens is 478 g/mol. The van der Waals surface area contributed by atoms with E-state index in [2.05, 4.69) is 0 Å². The number of hydrogen-bond acceptors (Lipinski definition) is 5. The minimum atomic E-state index is -4.38. The van der Waals surface area contributed by atoms with Gasteiger partial charge in [0, 0.05) is 42.8 Å². The van der Waals surface area contributed by atoms with Crippen LogP contribution in [0.4, 0.5) is 8.78 Å². The molecule has 0 bridgehead atoms. The van der Waals surface area contributed by atoms with Crippen molar-refractivity contribution in [1.82, 2.24) is 9.80 Å². The molecule has 33 heavy (non-hydrogen) atoms. The van der Waals surface area contributed by atoms with Crippen LogP contribution in [-0.4, -0.2) is 61.0 Å². The van der Waals surface area contributed by atoms with Gasteiger partial charge in [0.05, 0.1) is 0 Å². The van der Waals surface area contributed by atoms with Crippen LogP contribution < -0.4 is 4.74 Å². The predicted octanol–water partition coefficient (Wildman–Crippen LogP) is 3.68. The summed E-state index contributed by atoms with van der Waals surface area (Å²) in [6, 6.07) is 7.98. The molecule has 1 fully saturated rings. The Kier molecular flexibility index (Phi) is 7.94. The number of halogens is 3. The van der Waals surface area contributed by atoms with E-state index in [0.29, 0.717) is 31.7 Å². The van der Waals surface area contributed by atoms with Gasteiger partial charge in [-0.25, -0.2) is 8.78 Å². The molecule has 1 amide bonds. The number of carbonyl (C=O) groups excluding carboxylic acids is 1. The van der Waals surface area contributed by atoms with E-state index in [1.54, 1.807) is 4.90 Å². The summed E-state index contributed by atoms with van der Waals surface area (Å²) < 4.78 is 64.7. The normalized spacial score (nSPS) is 18.2. The lowest BCUT2D eigenvalue weighted by molar-refractivity contribution is -0.138. The zero-order chi connectivity index (χ0) is 24.3. The first-order valence-corrected chi connectivity index (χ1v) is 12.2. The van der Waals surface area contributed by atoms with Crippen LogP contribution in [-0.2, 0) is 21.5 Å². The van der Waals surface area contributed by atoms with Gasteiger partial charge in [-0.15, -0.1) is 0 Å². The van der Waals surface area contributed by atoms with Crippen LogP contribution in [0.15, 0.2) is 36.4 Å². The Balaban J connectivity index is 1.60. The van der Waals surface area contributed by atoms with E-state index >= 15 is 0 Å². The molecule has 3 rings (SSSR count). The number of ether oxygens (including phenoxy) is 1. The molecule has 0 aliphatic carbocycles. The lowest BCUT2D eigenvalue weighted by Crippen LogP contribution is -2.54. The topological polar surface area (TPSA) is 87.2 Å². The Hall–Kier alpha value is -2.27. The highest BCUT2D eigenvalue weighted by Crippen LogP contribution is 2.32. The summed E-state index contributed by atoms with van der Waals surface area (Å²) in [6.45, 7) is 4.79. The third-order valence-electron chi connectivity index (χ3n) is 5.63. The molecule has 0 radical (unpaired) electrons. The summed E-state index contributed by atoms with van der Waals surface area (Å²) in [7, 11) is -4.38. The number of benzene rings is 2. The standard InChI is InChI=1S/C22H25ClF2N2O5S/c1-14-11-26(12-16-3-5-19(24)20(25)9-16)7-8-27(14)22(28)13-32-21-6-4-17(23)10-18(21)15(2)33(29,30)31/h3-6,9-10,14-15H,7-8,11-13H2,1-2H3,(H,29,30,31)/t14-,15?/m1/s1. The Labute approximate surface area is 196 Å².